The van der Waals surface area contributed by atoms with Gasteiger partial charge >= 0.3 is 0 Å². The van der Waals surface area contributed by atoms with E-state index in [0.29, 0.717) is 25.7 Å². The summed E-state index contributed by atoms with van der Waals surface area (Å²) in [5.41, 5.74) is 9.63. The first-order chi connectivity index (χ1) is 14.3. The molecule has 3 aromatic carbocycles. The van der Waals surface area contributed by atoms with Crippen molar-refractivity contribution in [3.05, 3.63) is 90.0 Å². The Labute approximate surface area is 170 Å². The molecular formula is C24H25N3O2. The molecule has 0 amide bonds. The molecule has 5 heteroatoms. The van der Waals surface area contributed by atoms with Crippen LogP contribution in [0, 0.1) is 0 Å². The summed E-state index contributed by atoms with van der Waals surface area (Å²) in [6.07, 6.45) is 0.853. The largest absolute Gasteiger partial charge is 0.489 e. The van der Waals surface area contributed by atoms with E-state index in [1.807, 2.05) is 60.7 Å². The highest BCUT2D eigenvalue weighted by molar-refractivity contribution is 5.74. The maximum Gasteiger partial charge on any atom is 0.298 e. The van der Waals surface area contributed by atoms with Crippen molar-refractivity contribution in [2.45, 2.75) is 19.6 Å². The zero-order valence-corrected chi connectivity index (χ0v) is 16.3. The number of nitrogens with two attached hydrogens (primary N) is 1. The van der Waals surface area contributed by atoms with Crippen LogP contribution in [0.25, 0.3) is 11.1 Å². The Morgan fingerprint density at radius 2 is 1.66 bits per heavy atom. The van der Waals surface area contributed by atoms with Gasteiger partial charge in [0.1, 0.15) is 17.9 Å². The van der Waals surface area contributed by atoms with Crippen molar-refractivity contribution >= 4 is 17.1 Å². The van der Waals surface area contributed by atoms with Gasteiger partial charge in [-0.05, 0) is 36.7 Å². The normalized spacial score (nSPS) is 10.9. The molecule has 1 aromatic heterocycles. The second kappa shape index (κ2) is 9.26. The van der Waals surface area contributed by atoms with Gasteiger partial charge in [0, 0.05) is 12.1 Å². The number of para-hydroxylation sites is 3. The van der Waals surface area contributed by atoms with Crippen LogP contribution in [0.1, 0.15) is 17.5 Å². The topological polar surface area (TPSA) is 64.5 Å². The van der Waals surface area contributed by atoms with Crippen molar-refractivity contribution in [3.8, 4) is 5.75 Å². The minimum Gasteiger partial charge on any atom is -0.489 e. The van der Waals surface area contributed by atoms with E-state index < -0.39 is 0 Å². The lowest BCUT2D eigenvalue weighted by Gasteiger charge is -2.22. The third kappa shape index (κ3) is 4.76. The molecule has 0 saturated carbocycles. The average Bonchev–Trinajstić information content (AvgIpc) is 3.21. The summed E-state index contributed by atoms with van der Waals surface area (Å²) in [6.45, 7) is 2.54. The van der Waals surface area contributed by atoms with Crippen LogP contribution in [0.15, 0.2) is 83.3 Å². The van der Waals surface area contributed by atoms with Crippen LogP contribution in [-0.2, 0) is 13.2 Å². The molecule has 148 valence electrons. The molecule has 0 spiro atoms. The quantitative estimate of drug-likeness (QED) is 0.448. The summed E-state index contributed by atoms with van der Waals surface area (Å²) >= 11 is 0. The van der Waals surface area contributed by atoms with Crippen molar-refractivity contribution in [2.24, 2.45) is 5.73 Å². The lowest BCUT2D eigenvalue weighted by Crippen LogP contribution is -2.26. The molecule has 29 heavy (non-hydrogen) atoms. The molecule has 4 aromatic rings. The van der Waals surface area contributed by atoms with Gasteiger partial charge in [-0.2, -0.15) is 4.98 Å². The van der Waals surface area contributed by atoms with Crippen molar-refractivity contribution < 1.29 is 9.15 Å². The van der Waals surface area contributed by atoms with Gasteiger partial charge in [0.2, 0.25) is 0 Å². The number of ether oxygens (including phenoxy) is 1. The van der Waals surface area contributed by atoms with Gasteiger partial charge in [-0.3, -0.25) is 0 Å². The summed E-state index contributed by atoms with van der Waals surface area (Å²) in [6, 6.07) is 26.7. The van der Waals surface area contributed by atoms with E-state index in [1.165, 1.54) is 0 Å². The first kappa shape index (κ1) is 19.0. The van der Waals surface area contributed by atoms with Crippen LogP contribution in [0.4, 0.5) is 6.01 Å². The van der Waals surface area contributed by atoms with Crippen LogP contribution in [0.3, 0.4) is 0 Å². The van der Waals surface area contributed by atoms with E-state index in [9.17, 15) is 0 Å². The van der Waals surface area contributed by atoms with Crippen LogP contribution in [0.2, 0.25) is 0 Å². The number of aromatic nitrogens is 1. The molecule has 0 unspecified atom stereocenters. The second-order valence-electron chi connectivity index (χ2n) is 6.91. The molecule has 0 radical (unpaired) electrons. The van der Waals surface area contributed by atoms with Crippen molar-refractivity contribution in [1.82, 2.24) is 4.98 Å². The summed E-state index contributed by atoms with van der Waals surface area (Å²) in [5, 5.41) is 0. The standard InChI is InChI=1S/C24H25N3O2/c25-15-8-16-27(24-26-21-12-5-7-14-23(21)29-24)17-20-11-4-6-13-22(20)28-18-19-9-2-1-3-10-19/h1-7,9-14H,8,15-18,25H2. The maximum absolute atomic E-state index is 6.12. The van der Waals surface area contributed by atoms with Gasteiger partial charge in [0.25, 0.3) is 6.01 Å². The van der Waals surface area contributed by atoms with Crippen LogP contribution < -0.4 is 15.4 Å². The number of oxazole rings is 1. The van der Waals surface area contributed by atoms with E-state index in [2.05, 4.69) is 28.1 Å². The summed E-state index contributed by atoms with van der Waals surface area (Å²) in [7, 11) is 0. The van der Waals surface area contributed by atoms with Gasteiger partial charge < -0.3 is 19.8 Å². The molecule has 5 nitrogen and oxygen atoms in total. The Bertz CT molecular complexity index is 1010. The smallest absolute Gasteiger partial charge is 0.298 e. The van der Waals surface area contributed by atoms with Crippen LogP contribution >= 0.6 is 0 Å². The highest BCUT2D eigenvalue weighted by Crippen LogP contribution is 2.26. The Morgan fingerprint density at radius 3 is 2.48 bits per heavy atom. The van der Waals surface area contributed by atoms with E-state index >= 15 is 0 Å². The number of nitrogens with zero attached hydrogens (tertiary/aromatic N) is 2. The summed E-state index contributed by atoms with van der Waals surface area (Å²) < 4.78 is 12.1. The Morgan fingerprint density at radius 1 is 0.897 bits per heavy atom. The Hall–Kier alpha value is -3.31. The second-order valence-corrected chi connectivity index (χ2v) is 6.91. The zero-order valence-electron chi connectivity index (χ0n) is 16.3. The maximum atomic E-state index is 6.12. The number of benzene rings is 3. The number of anilines is 1. The molecule has 0 aliphatic carbocycles. The highest BCUT2D eigenvalue weighted by Gasteiger charge is 2.16. The highest BCUT2D eigenvalue weighted by atomic mass is 16.5. The zero-order chi connectivity index (χ0) is 19.9. The predicted molar refractivity (Wildman–Crippen MR) is 116 cm³/mol. The van der Waals surface area contributed by atoms with Gasteiger partial charge in [0.15, 0.2) is 5.58 Å². The molecule has 0 aliphatic heterocycles. The summed E-state index contributed by atoms with van der Waals surface area (Å²) in [4.78, 5) is 6.79. The number of hydrogen-bond donors (Lipinski definition) is 1. The lowest BCUT2D eigenvalue weighted by atomic mass is 10.2. The predicted octanol–water partition coefficient (Wildman–Crippen LogP) is 4.76. The van der Waals surface area contributed by atoms with Crippen LogP contribution in [0.5, 0.6) is 5.75 Å². The molecule has 0 fully saturated rings. The van der Waals surface area contributed by atoms with E-state index in [4.69, 9.17) is 14.9 Å². The monoisotopic (exact) mass is 387 g/mol. The fraction of sp³-hybridized carbons (Fsp3) is 0.208. The number of hydrogen-bond acceptors (Lipinski definition) is 5. The minimum absolute atomic E-state index is 0.531. The van der Waals surface area contributed by atoms with Gasteiger partial charge in [0.05, 0.1) is 6.54 Å². The average molecular weight is 387 g/mol. The molecule has 0 atom stereocenters. The molecular weight excluding hydrogens is 362 g/mol. The number of rotatable bonds is 9. The SMILES string of the molecule is NCCCN(Cc1ccccc1OCc1ccccc1)c1nc2ccccc2o1. The van der Waals surface area contributed by atoms with Gasteiger partial charge in [-0.1, -0.05) is 60.7 Å². The first-order valence-corrected chi connectivity index (χ1v) is 9.89. The lowest BCUT2D eigenvalue weighted by molar-refractivity contribution is 0.302. The third-order valence-electron chi connectivity index (χ3n) is 4.76. The van der Waals surface area contributed by atoms with E-state index in [1.54, 1.807) is 0 Å². The van der Waals surface area contributed by atoms with Crippen molar-refractivity contribution in [1.29, 1.82) is 0 Å². The molecule has 2 N–H and O–H groups in total. The number of fused-ring (bicyclic) bond motifs is 1. The van der Waals surface area contributed by atoms with Crippen LogP contribution in [-0.4, -0.2) is 18.1 Å². The minimum atomic E-state index is 0.531. The van der Waals surface area contributed by atoms with Crippen molar-refractivity contribution in [2.75, 3.05) is 18.0 Å². The molecule has 0 aliphatic rings. The van der Waals surface area contributed by atoms with E-state index in [0.717, 1.165) is 40.9 Å². The third-order valence-corrected chi connectivity index (χ3v) is 4.76. The Balaban J connectivity index is 1.55. The molecule has 0 saturated heterocycles. The fourth-order valence-corrected chi connectivity index (χ4v) is 3.24. The van der Waals surface area contributed by atoms with Gasteiger partial charge in [-0.15, -0.1) is 0 Å². The van der Waals surface area contributed by atoms with E-state index in [-0.39, 0.29) is 0 Å². The molecule has 0 bridgehead atoms. The molecule has 4 rings (SSSR count). The fourth-order valence-electron chi connectivity index (χ4n) is 3.24. The first-order valence-electron chi connectivity index (χ1n) is 9.89. The van der Waals surface area contributed by atoms with Crippen molar-refractivity contribution in [3.63, 3.8) is 0 Å². The van der Waals surface area contributed by atoms with Gasteiger partial charge in [-0.25, -0.2) is 0 Å². The Kier molecular flexibility index (Phi) is 6.07. The summed E-state index contributed by atoms with van der Waals surface area (Å²) in [5.74, 6) is 0.866. The molecule has 1 heterocycles.